The fraction of sp³-hybridized carbons (Fsp3) is 0.938. The monoisotopic (exact) mass is 285 g/mol. The molecule has 0 saturated heterocycles. The van der Waals surface area contributed by atoms with Crippen LogP contribution in [0.1, 0.15) is 70.6 Å². The Bertz CT molecular complexity index is 240. The highest BCUT2D eigenvalue weighted by Gasteiger charge is 2.17. The zero-order valence-corrected chi connectivity index (χ0v) is 12.7. The molecule has 1 aliphatic carbocycles. The number of aliphatic hydroxyl groups is 1. The third kappa shape index (κ3) is 9.32. The fourth-order valence-electron chi connectivity index (χ4n) is 2.68. The van der Waals surface area contributed by atoms with Crippen molar-refractivity contribution in [3.63, 3.8) is 0 Å². The van der Waals surface area contributed by atoms with Crippen LogP contribution in [0.4, 0.5) is 0 Å². The van der Waals surface area contributed by atoms with Crippen molar-refractivity contribution in [2.24, 2.45) is 0 Å². The molecule has 4 nitrogen and oxygen atoms in total. The number of nitrogens with one attached hydrogen (secondary N) is 1. The van der Waals surface area contributed by atoms with Gasteiger partial charge in [-0.25, -0.2) is 0 Å². The molecule has 20 heavy (non-hydrogen) atoms. The summed E-state index contributed by atoms with van der Waals surface area (Å²) in [5.74, 6) is 0.00140. The Labute approximate surface area is 123 Å². The lowest BCUT2D eigenvalue weighted by molar-refractivity contribution is -0.150. The molecule has 0 spiro atoms. The van der Waals surface area contributed by atoms with E-state index >= 15 is 0 Å². The van der Waals surface area contributed by atoms with Gasteiger partial charge in [-0.1, -0.05) is 25.7 Å². The Morgan fingerprint density at radius 1 is 1.00 bits per heavy atom. The molecule has 0 aromatic heterocycles. The number of carbonyl (C=O) groups is 1. The minimum atomic E-state index is 0.00140. The SMILES string of the molecule is O=C(CCCCCCCNCCO)OC1CCCCC1. The zero-order chi connectivity index (χ0) is 14.5. The van der Waals surface area contributed by atoms with E-state index in [0.717, 1.165) is 38.6 Å². The van der Waals surface area contributed by atoms with E-state index in [1.807, 2.05) is 0 Å². The molecule has 0 unspecified atom stereocenters. The summed E-state index contributed by atoms with van der Waals surface area (Å²) in [5, 5.41) is 11.8. The normalized spacial score (nSPS) is 16.2. The molecule has 0 aliphatic heterocycles. The van der Waals surface area contributed by atoms with Crippen molar-refractivity contribution in [2.45, 2.75) is 76.7 Å². The summed E-state index contributed by atoms with van der Waals surface area (Å²) in [5.41, 5.74) is 0. The Kier molecular flexibility index (Phi) is 10.6. The highest BCUT2D eigenvalue weighted by molar-refractivity contribution is 5.69. The van der Waals surface area contributed by atoms with Crippen LogP contribution in [0, 0.1) is 0 Å². The van der Waals surface area contributed by atoms with Crippen molar-refractivity contribution in [3.05, 3.63) is 0 Å². The highest BCUT2D eigenvalue weighted by atomic mass is 16.5. The first-order valence-corrected chi connectivity index (χ1v) is 8.34. The van der Waals surface area contributed by atoms with Gasteiger partial charge in [-0.05, 0) is 45.1 Å². The van der Waals surface area contributed by atoms with E-state index < -0.39 is 0 Å². The first-order chi connectivity index (χ1) is 9.83. The summed E-state index contributed by atoms with van der Waals surface area (Å²) in [7, 11) is 0. The van der Waals surface area contributed by atoms with Crippen LogP contribution in [0.3, 0.4) is 0 Å². The van der Waals surface area contributed by atoms with Crippen LogP contribution in [0.25, 0.3) is 0 Å². The second-order valence-electron chi connectivity index (χ2n) is 5.74. The van der Waals surface area contributed by atoms with Gasteiger partial charge in [0.2, 0.25) is 0 Å². The smallest absolute Gasteiger partial charge is 0.306 e. The molecule has 0 aromatic carbocycles. The molecule has 1 aliphatic rings. The molecule has 0 aromatic rings. The van der Waals surface area contributed by atoms with Crippen LogP contribution in [-0.4, -0.2) is 36.9 Å². The number of hydrogen-bond donors (Lipinski definition) is 2. The van der Waals surface area contributed by atoms with Crippen LogP contribution in [0.5, 0.6) is 0 Å². The molecule has 0 radical (unpaired) electrons. The predicted molar refractivity (Wildman–Crippen MR) is 80.6 cm³/mol. The van der Waals surface area contributed by atoms with Gasteiger partial charge >= 0.3 is 5.97 Å². The predicted octanol–water partition coefficient (Wildman–Crippen LogP) is 2.78. The number of carbonyl (C=O) groups excluding carboxylic acids is 1. The van der Waals surface area contributed by atoms with Gasteiger partial charge in [0.1, 0.15) is 6.10 Å². The molecule has 1 rings (SSSR count). The van der Waals surface area contributed by atoms with Crippen molar-refractivity contribution < 1.29 is 14.6 Å². The molecule has 4 heteroatoms. The lowest BCUT2D eigenvalue weighted by Gasteiger charge is -2.21. The third-order valence-corrected chi connectivity index (χ3v) is 3.87. The van der Waals surface area contributed by atoms with E-state index in [4.69, 9.17) is 9.84 Å². The Balaban J connectivity index is 1.84. The lowest BCUT2D eigenvalue weighted by Crippen LogP contribution is -2.20. The first kappa shape index (κ1) is 17.4. The largest absolute Gasteiger partial charge is 0.462 e. The van der Waals surface area contributed by atoms with E-state index in [1.54, 1.807) is 0 Å². The van der Waals surface area contributed by atoms with E-state index in [-0.39, 0.29) is 18.7 Å². The zero-order valence-electron chi connectivity index (χ0n) is 12.7. The minimum absolute atomic E-state index is 0.00140. The average Bonchev–Trinajstić information content (AvgIpc) is 2.46. The number of aliphatic hydroxyl groups excluding tert-OH is 1. The van der Waals surface area contributed by atoms with Crippen LogP contribution >= 0.6 is 0 Å². The third-order valence-electron chi connectivity index (χ3n) is 3.87. The van der Waals surface area contributed by atoms with Gasteiger partial charge in [-0.15, -0.1) is 0 Å². The van der Waals surface area contributed by atoms with E-state index in [9.17, 15) is 4.79 Å². The number of unbranched alkanes of at least 4 members (excludes halogenated alkanes) is 4. The van der Waals surface area contributed by atoms with Gasteiger partial charge in [0.05, 0.1) is 6.61 Å². The number of esters is 1. The topological polar surface area (TPSA) is 58.6 Å². The fourth-order valence-corrected chi connectivity index (χ4v) is 2.68. The molecular weight excluding hydrogens is 254 g/mol. The Morgan fingerprint density at radius 2 is 1.70 bits per heavy atom. The van der Waals surface area contributed by atoms with Crippen molar-refractivity contribution in [3.8, 4) is 0 Å². The standard InChI is InChI=1S/C16H31NO3/c18-14-13-17-12-8-3-1-2-7-11-16(19)20-15-9-5-4-6-10-15/h15,17-18H,1-14H2. The number of ether oxygens (including phenoxy) is 1. The maximum absolute atomic E-state index is 11.7. The minimum Gasteiger partial charge on any atom is -0.462 e. The van der Waals surface area contributed by atoms with Gasteiger partial charge in [0.25, 0.3) is 0 Å². The second-order valence-corrected chi connectivity index (χ2v) is 5.74. The molecule has 0 heterocycles. The average molecular weight is 285 g/mol. The molecule has 0 bridgehead atoms. The molecule has 1 saturated carbocycles. The van der Waals surface area contributed by atoms with E-state index in [1.165, 1.54) is 32.1 Å². The summed E-state index contributed by atoms with van der Waals surface area (Å²) < 4.78 is 5.49. The second kappa shape index (κ2) is 12.2. The molecule has 2 N–H and O–H groups in total. The lowest BCUT2D eigenvalue weighted by atomic mass is 9.98. The highest BCUT2D eigenvalue weighted by Crippen LogP contribution is 2.21. The van der Waals surface area contributed by atoms with E-state index in [2.05, 4.69) is 5.32 Å². The Hall–Kier alpha value is -0.610. The summed E-state index contributed by atoms with van der Waals surface area (Å²) in [6.07, 6.45) is 12.2. The van der Waals surface area contributed by atoms with E-state index in [0.29, 0.717) is 13.0 Å². The first-order valence-electron chi connectivity index (χ1n) is 8.34. The maximum Gasteiger partial charge on any atom is 0.306 e. The summed E-state index contributed by atoms with van der Waals surface area (Å²) in [6.45, 7) is 1.88. The summed E-state index contributed by atoms with van der Waals surface area (Å²) in [4.78, 5) is 11.7. The van der Waals surface area contributed by atoms with Gasteiger partial charge < -0.3 is 15.2 Å². The van der Waals surface area contributed by atoms with Gasteiger partial charge in [0, 0.05) is 13.0 Å². The molecule has 118 valence electrons. The number of rotatable bonds is 11. The van der Waals surface area contributed by atoms with Crippen LogP contribution in [0.2, 0.25) is 0 Å². The molecule has 0 amide bonds. The Morgan fingerprint density at radius 3 is 2.45 bits per heavy atom. The van der Waals surface area contributed by atoms with Gasteiger partial charge in [-0.3, -0.25) is 4.79 Å². The van der Waals surface area contributed by atoms with Crippen LogP contribution in [-0.2, 0) is 9.53 Å². The summed E-state index contributed by atoms with van der Waals surface area (Å²) in [6, 6.07) is 0. The van der Waals surface area contributed by atoms with Crippen LogP contribution in [0.15, 0.2) is 0 Å². The summed E-state index contributed by atoms with van der Waals surface area (Å²) >= 11 is 0. The molecular formula is C16H31NO3. The van der Waals surface area contributed by atoms with Crippen molar-refractivity contribution in [2.75, 3.05) is 19.7 Å². The molecule has 0 atom stereocenters. The van der Waals surface area contributed by atoms with Crippen molar-refractivity contribution >= 4 is 5.97 Å². The quantitative estimate of drug-likeness (QED) is 0.453. The van der Waals surface area contributed by atoms with Crippen molar-refractivity contribution in [1.82, 2.24) is 5.32 Å². The van der Waals surface area contributed by atoms with Gasteiger partial charge in [0.15, 0.2) is 0 Å². The molecule has 1 fully saturated rings. The number of hydrogen-bond acceptors (Lipinski definition) is 4. The maximum atomic E-state index is 11.7. The van der Waals surface area contributed by atoms with Gasteiger partial charge in [-0.2, -0.15) is 0 Å². The van der Waals surface area contributed by atoms with Crippen molar-refractivity contribution in [1.29, 1.82) is 0 Å². The van der Waals surface area contributed by atoms with Crippen LogP contribution < -0.4 is 5.32 Å².